The van der Waals surface area contributed by atoms with Crippen molar-refractivity contribution >= 4 is 29.1 Å². The lowest BCUT2D eigenvalue weighted by molar-refractivity contribution is -0.202. The molecule has 0 saturated carbocycles. The van der Waals surface area contributed by atoms with E-state index in [1.54, 1.807) is 6.92 Å². The Balaban J connectivity index is 2.18. The topological polar surface area (TPSA) is 120 Å². The third-order valence-electron chi connectivity index (χ3n) is 5.13. The molecule has 1 aliphatic rings. The molecule has 0 radical (unpaired) electrons. The highest BCUT2D eigenvalue weighted by molar-refractivity contribution is 5.90. The van der Waals surface area contributed by atoms with Gasteiger partial charge in [0.25, 0.3) is 5.56 Å². The second-order valence-electron chi connectivity index (χ2n) is 7.23. The van der Waals surface area contributed by atoms with Gasteiger partial charge in [-0.05, 0) is 13.8 Å². The van der Waals surface area contributed by atoms with E-state index < -0.39 is 35.4 Å². The van der Waals surface area contributed by atoms with Gasteiger partial charge in [0, 0.05) is 33.2 Å². The molecule has 2 aromatic heterocycles. The molecule has 1 saturated heterocycles. The fourth-order valence-corrected chi connectivity index (χ4v) is 3.42. The Hall–Kier alpha value is -3.60. The molecular weight excluding hydrogens is 449 g/mol. The highest BCUT2D eigenvalue weighted by Crippen LogP contribution is 2.21. The van der Waals surface area contributed by atoms with Crippen molar-refractivity contribution in [2.75, 3.05) is 31.1 Å². The van der Waals surface area contributed by atoms with Crippen molar-refractivity contribution in [1.82, 2.24) is 24.0 Å². The van der Waals surface area contributed by atoms with Crippen LogP contribution in [-0.2, 0) is 27.9 Å². The summed E-state index contributed by atoms with van der Waals surface area (Å²) in [4.78, 5) is 55.7. The fraction of sp³-hybridized carbons (Fsp3) is 0.526. The number of carbonyl (C=O) groups excluding carboxylic acids is 2. The summed E-state index contributed by atoms with van der Waals surface area (Å²) in [5.41, 5.74) is -2.01. The van der Waals surface area contributed by atoms with Gasteiger partial charge in [-0.2, -0.15) is 18.2 Å². The molecule has 0 aromatic carbocycles. The smallest absolute Gasteiger partial charge is 0.385 e. The number of rotatable bonds is 4. The first-order chi connectivity index (χ1) is 15.5. The molecule has 0 amide bonds. The number of halogens is 3. The zero-order chi connectivity index (χ0) is 24.5. The molecule has 3 heterocycles. The number of hydrogen-bond donors (Lipinski definition) is 1. The van der Waals surface area contributed by atoms with E-state index in [0.717, 1.165) is 11.5 Å². The van der Waals surface area contributed by atoms with Crippen molar-refractivity contribution in [1.29, 1.82) is 0 Å². The largest absolute Gasteiger partial charge is 0.491 e. The predicted molar refractivity (Wildman–Crippen MR) is 110 cm³/mol. The molecule has 0 spiro atoms. The number of aromatic nitrogens is 4. The van der Waals surface area contributed by atoms with Crippen LogP contribution in [-0.4, -0.2) is 63.0 Å². The number of piperazine rings is 1. The number of fused-ring (bicyclic) bond motifs is 1. The number of esters is 2. The van der Waals surface area contributed by atoms with Gasteiger partial charge in [-0.1, -0.05) is 5.92 Å². The van der Waals surface area contributed by atoms with Crippen LogP contribution in [0.3, 0.4) is 0 Å². The lowest BCUT2D eigenvalue weighted by Gasteiger charge is -2.28. The molecule has 11 nitrogen and oxygen atoms in total. The van der Waals surface area contributed by atoms with E-state index in [9.17, 15) is 32.3 Å². The number of anilines is 1. The first-order valence-electron chi connectivity index (χ1n) is 9.88. The van der Waals surface area contributed by atoms with Crippen molar-refractivity contribution in [3.63, 3.8) is 0 Å². The van der Waals surface area contributed by atoms with Crippen molar-refractivity contribution in [3.05, 3.63) is 20.8 Å². The lowest BCUT2D eigenvalue weighted by atomic mass is 10.3. The van der Waals surface area contributed by atoms with Gasteiger partial charge in [0.05, 0.1) is 6.54 Å². The molecule has 1 N–H and O–H groups in total. The number of nitrogens with zero attached hydrogens (tertiary/aromatic N) is 5. The van der Waals surface area contributed by atoms with Crippen LogP contribution in [0.1, 0.15) is 19.9 Å². The van der Waals surface area contributed by atoms with E-state index >= 15 is 0 Å². The monoisotopic (exact) mass is 470 g/mol. The van der Waals surface area contributed by atoms with Gasteiger partial charge in [-0.15, -0.1) is 5.92 Å². The summed E-state index contributed by atoms with van der Waals surface area (Å²) in [6.45, 7) is 5.13. The van der Waals surface area contributed by atoms with Crippen LogP contribution in [0, 0.1) is 11.8 Å². The van der Waals surface area contributed by atoms with Crippen molar-refractivity contribution in [2.45, 2.75) is 32.6 Å². The Bertz CT molecular complexity index is 1270. The Labute approximate surface area is 184 Å². The molecule has 1 atom stereocenters. The fourth-order valence-electron chi connectivity index (χ4n) is 3.42. The zero-order valence-corrected chi connectivity index (χ0v) is 18.0. The molecule has 1 unspecified atom stereocenters. The average Bonchev–Trinajstić information content (AvgIpc) is 3.15. The molecular formula is C19H21F3N6O5. The third-order valence-corrected chi connectivity index (χ3v) is 5.13. The van der Waals surface area contributed by atoms with E-state index in [-0.39, 0.29) is 17.7 Å². The predicted octanol–water partition coefficient (Wildman–Crippen LogP) is -0.477. The van der Waals surface area contributed by atoms with Crippen LogP contribution in [0.2, 0.25) is 0 Å². The van der Waals surface area contributed by atoms with Crippen molar-refractivity contribution < 1.29 is 27.5 Å². The highest BCUT2D eigenvalue weighted by atomic mass is 19.4. The Morgan fingerprint density at radius 3 is 2.45 bits per heavy atom. The summed E-state index contributed by atoms with van der Waals surface area (Å²) in [6, 6.07) is -1.81. The SMILES string of the molecule is CC#CCn1c(N2CCNCC2)nc2c1c(=O)n(C(C)C(=O)OC(=O)C(F)(F)F)c(=O)n2C. The normalized spacial score (nSPS) is 15.2. The number of nitrogens with one attached hydrogen (secondary N) is 1. The standard InChI is InChI=1S/C19H21F3N6O5/c1-4-5-8-27-12-13(24-17(27)26-9-6-23-7-10-26)25(3)18(32)28(14(12)29)11(2)15(30)33-16(31)19(20,21)22/h11,23H,6-10H2,1-3H3. The maximum atomic E-state index is 13.3. The van der Waals surface area contributed by atoms with Gasteiger partial charge < -0.3 is 15.0 Å². The molecule has 1 aliphatic heterocycles. The number of alkyl halides is 3. The number of carbonyl (C=O) groups is 2. The van der Waals surface area contributed by atoms with Crippen LogP contribution in [0.25, 0.3) is 11.2 Å². The minimum Gasteiger partial charge on any atom is -0.385 e. The van der Waals surface area contributed by atoms with Crippen LogP contribution < -0.4 is 21.5 Å². The van der Waals surface area contributed by atoms with Gasteiger partial charge in [-0.25, -0.2) is 19.0 Å². The Morgan fingerprint density at radius 1 is 1.24 bits per heavy atom. The van der Waals surface area contributed by atoms with Crippen LogP contribution in [0.4, 0.5) is 19.1 Å². The van der Waals surface area contributed by atoms with Gasteiger partial charge in [-0.3, -0.25) is 13.9 Å². The lowest BCUT2D eigenvalue weighted by Crippen LogP contribution is -2.45. The second-order valence-corrected chi connectivity index (χ2v) is 7.23. The number of aryl methyl sites for hydroxylation is 1. The van der Waals surface area contributed by atoms with Crippen LogP contribution in [0.15, 0.2) is 9.59 Å². The van der Waals surface area contributed by atoms with Gasteiger partial charge >= 0.3 is 23.8 Å². The quantitative estimate of drug-likeness (QED) is 0.362. The molecule has 2 aromatic rings. The van der Waals surface area contributed by atoms with E-state index in [0.29, 0.717) is 36.7 Å². The first-order valence-corrected chi connectivity index (χ1v) is 9.88. The average molecular weight is 470 g/mol. The van der Waals surface area contributed by atoms with E-state index in [4.69, 9.17) is 0 Å². The molecule has 0 aliphatic carbocycles. The molecule has 1 fully saturated rings. The van der Waals surface area contributed by atoms with E-state index in [1.807, 2.05) is 4.90 Å². The maximum absolute atomic E-state index is 13.3. The summed E-state index contributed by atoms with van der Waals surface area (Å²) < 4.78 is 44.1. The summed E-state index contributed by atoms with van der Waals surface area (Å²) in [5, 5.41) is 3.19. The van der Waals surface area contributed by atoms with E-state index in [1.165, 1.54) is 11.6 Å². The number of hydrogen-bond acceptors (Lipinski definition) is 8. The Kier molecular flexibility index (Phi) is 6.63. The van der Waals surface area contributed by atoms with Crippen LogP contribution >= 0.6 is 0 Å². The van der Waals surface area contributed by atoms with Crippen LogP contribution in [0.5, 0.6) is 0 Å². The highest BCUT2D eigenvalue weighted by Gasteiger charge is 2.43. The number of imidazole rings is 1. The minimum absolute atomic E-state index is 0.0274. The van der Waals surface area contributed by atoms with E-state index in [2.05, 4.69) is 26.9 Å². The molecule has 178 valence electrons. The zero-order valence-electron chi connectivity index (χ0n) is 18.0. The third kappa shape index (κ3) is 4.49. The molecule has 33 heavy (non-hydrogen) atoms. The summed E-state index contributed by atoms with van der Waals surface area (Å²) in [5.74, 6) is 1.50. The second kappa shape index (κ2) is 9.10. The van der Waals surface area contributed by atoms with Crippen molar-refractivity contribution in [3.8, 4) is 11.8 Å². The minimum atomic E-state index is -5.41. The van der Waals surface area contributed by atoms with Gasteiger partial charge in [0.2, 0.25) is 5.95 Å². The summed E-state index contributed by atoms with van der Waals surface area (Å²) in [7, 11) is 1.31. The summed E-state index contributed by atoms with van der Waals surface area (Å²) in [6.07, 6.45) is -5.41. The summed E-state index contributed by atoms with van der Waals surface area (Å²) >= 11 is 0. The number of ether oxygens (including phenoxy) is 1. The molecule has 3 rings (SSSR count). The molecule has 0 bridgehead atoms. The maximum Gasteiger partial charge on any atom is 0.491 e. The van der Waals surface area contributed by atoms with Crippen molar-refractivity contribution in [2.24, 2.45) is 7.05 Å². The van der Waals surface area contributed by atoms with Gasteiger partial charge in [0.1, 0.15) is 6.04 Å². The Morgan fingerprint density at radius 2 is 1.88 bits per heavy atom. The molecule has 14 heteroatoms. The first kappa shape index (κ1) is 24.1. The van der Waals surface area contributed by atoms with Gasteiger partial charge in [0.15, 0.2) is 11.2 Å².